The molecule has 2 rings (SSSR count). The van der Waals surface area contributed by atoms with Gasteiger partial charge in [-0.05, 0) is 23.8 Å². The van der Waals surface area contributed by atoms with E-state index in [1.165, 1.54) is 11.6 Å². The van der Waals surface area contributed by atoms with E-state index in [9.17, 15) is 4.39 Å². The third-order valence-corrected chi connectivity index (χ3v) is 2.99. The second-order valence-electron chi connectivity index (χ2n) is 5.06. The van der Waals surface area contributed by atoms with E-state index in [1.54, 1.807) is 12.1 Å². The van der Waals surface area contributed by atoms with E-state index < -0.39 is 0 Å². The van der Waals surface area contributed by atoms with Crippen LogP contribution in [0.15, 0.2) is 48.5 Å². The molecule has 0 radical (unpaired) electrons. The second-order valence-corrected chi connectivity index (χ2v) is 5.06. The molecule has 0 heterocycles. The quantitative estimate of drug-likeness (QED) is 0.861. The van der Waals surface area contributed by atoms with Crippen LogP contribution in [-0.2, 0) is 13.2 Å². The number of ether oxygens (including phenoxy) is 1. The van der Waals surface area contributed by atoms with Crippen molar-refractivity contribution in [1.82, 2.24) is 5.32 Å². The standard InChI is InChI=1S/C17H20FNO/c1-13(2)19-11-14-7-9-16(10-8-14)20-12-15-5-3-4-6-17(15)18/h3-10,13,19H,11-12H2,1-2H3. The summed E-state index contributed by atoms with van der Waals surface area (Å²) >= 11 is 0. The molecule has 3 heteroatoms. The highest BCUT2D eigenvalue weighted by atomic mass is 19.1. The van der Waals surface area contributed by atoms with E-state index in [-0.39, 0.29) is 12.4 Å². The van der Waals surface area contributed by atoms with Crippen molar-refractivity contribution in [2.75, 3.05) is 0 Å². The Kier molecular flexibility index (Phi) is 5.13. The molecule has 0 amide bonds. The Balaban J connectivity index is 1.89. The number of hydrogen-bond acceptors (Lipinski definition) is 2. The molecule has 2 nitrogen and oxygen atoms in total. The van der Waals surface area contributed by atoms with Crippen LogP contribution in [0.2, 0.25) is 0 Å². The van der Waals surface area contributed by atoms with Crippen molar-refractivity contribution in [2.24, 2.45) is 0 Å². The lowest BCUT2D eigenvalue weighted by atomic mass is 10.2. The predicted molar refractivity (Wildman–Crippen MR) is 79.1 cm³/mol. The second kappa shape index (κ2) is 7.06. The maximum Gasteiger partial charge on any atom is 0.129 e. The first-order valence-corrected chi connectivity index (χ1v) is 6.83. The summed E-state index contributed by atoms with van der Waals surface area (Å²) in [6, 6.07) is 15.0. The first-order chi connectivity index (χ1) is 9.65. The number of hydrogen-bond donors (Lipinski definition) is 1. The Morgan fingerprint density at radius 3 is 2.40 bits per heavy atom. The number of halogens is 1. The van der Waals surface area contributed by atoms with Gasteiger partial charge in [0.05, 0.1) is 0 Å². The molecule has 0 atom stereocenters. The van der Waals surface area contributed by atoms with Crippen LogP contribution in [0, 0.1) is 5.82 Å². The van der Waals surface area contributed by atoms with Crippen molar-refractivity contribution in [3.05, 3.63) is 65.5 Å². The lowest BCUT2D eigenvalue weighted by Gasteiger charge is -2.10. The zero-order valence-corrected chi connectivity index (χ0v) is 11.9. The molecule has 106 valence electrons. The molecule has 0 fully saturated rings. The average Bonchev–Trinajstić information content (AvgIpc) is 2.45. The summed E-state index contributed by atoms with van der Waals surface area (Å²) in [6.45, 7) is 5.32. The van der Waals surface area contributed by atoms with Crippen LogP contribution < -0.4 is 10.1 Å². The summed E-state index contributed by atoms with van der Waals surface area (Å²) < 4.78 is 19.0. The molecular formula is C17H20FNO. The Morgan fingerprint density at radius 2 is 1.75 bits per heavy atom. The van der Waals surface area contributed by atoms with Crippen LogP contribution in [-0.4, -0.2) is 6.04 Å². The molecule has 0 aromatic heterocycles. The topological polar surface area (TPSA) is 21.3 Å². The van der Waals surface area contributed by atoms with Crippen molar-refractivity contribution in [3.63, 3.8) is 0 Å². The zero-order chi connectivity index (χ0) is 14.4. The summed E-state index contributed by atoms with van der Waals surface area (Å²) in [5.74, 6) is 0.520. The smallest absolute Gasteiger partial charge is 0.129 e. The third-order valence-electron chi connectivity index (χ3n) is 2.99. The highest BCUT2D eigenvalue weighted by Gasteiger charge is 2.02. The number of rotatable bonds is 6. The monoisotopic (exact) mass is 273 g/mol. The van der Waals surface area contributed by atoms with Gasteiger partial charge >= 0.3 is 0 Å². The fourth-order valence-electron chi connectivity index (χ4n) is 1.80. The van der Waals surface area contributed by atoms with E-state index >= 15 is 0 Å². The van der Waals surface area contributed by atoms with Gasteiger partial charge in [0, 0.05) is 18.2 Å². The summed E-state index contributed by atoms with van der Waals surface area (Å²) in [5, 5.41) is 3.36. The average molecular weight is 273 g/mol. The van der Waals surface area contributed by atoms with E-state index in [0.29, 0.717) is 11.6 Å². The van der Waals surface area contributed by atoms with Crippen molar-refractivity contribution in [2.45, 2.75) is 33.0 Å². The molecular weight excluding hydrogens is 253 g/mol. The zero-order valence-electron chi connectivity index (χ0n) is 11.9. The lowest BCUT2D eigenvalue weighted by molar-refractivity contribution is 0.300. The third kappa shape index (κ3) is 4.35. The first kappa shape index (κ1) is 14.5. The molecule has 1 N–H and O–H groups in total. The molecule has 0 aliphatic carbocycles. The highest BCUT2D eigenvalue weighted by Crippen LogP contribution is 2.15. The van der Waals surface area contributed by atoms with Gasteiger partial charge in [0.1, 0.15) is 18.2 Å². The first-order valence-electron chi connectivity index (χ1n) is 6.83. The van der Waals surface area contributed by atoms with Gasteiger partial charge in [-0.1, -0.05) is 44.2 Å². The molecule has 0 aliphatic rings. The maximum absolute atomic E-state index is 13.4. The summed E-state index contributed by atoms with van der Waals surface area (Å²) in [4.78, 5) is 0. The van der Waals surface area contributed by atoms with Crippen molar-refractivity contribution >= 4 is 0 Å². The molecule has 2 aromatic carbocycles. The molecule has 2 aromatic rings. The van der Waals surface area contributed by atoms with Crippen LogP contribution in [0.4, 0.5) is 4.39 Å². The van der Waals surface area contributed by atoms with Crippen LogP contribution >= 0.6 is 0 Å². The van der Waals surface area contributed by atoms with Gasteiger partial charge in [-0.25, -0.2) is 4.39 Å². The number of nitrogens with one attached hydrogen (secondary N) is 1. The largest absolute Gasteiger partial charge is 0.489 e. The maximum atomic E-state index is 13.4. The summed E-state index contributed by atoms with van der Waals surface area (Å²) in [5.41, 5.74) is 1.77. The molecule has 0 unspecified atom stereocenters. The van der Waals surface area contributed by atoms with Gasteiger partial charge in [-0.2, -0.15) is 0 Å². The molecule has 0 bridgehead atoms. The molecule has 0 aliphatic heterocycles. The van der Waals surface area contributed by atoms with E-state index in [1.807, 2.05) is 30.3 Å². The number of benzene rings is 2. The summed E-state index contributed by atoms with van der Waals surface area (Å²) in [7, 11) is 0. The highest BCUT2D eigenvalue weighted by molar-refractivity contribution is 5.28. The Labute approximate surface area is 119 Å². The minimum Gasteiger partial charge on any atom is -0.489 e. The molecule has 0 spiro atoms. The minimum absolute atomic E-state index is 0.231. The van der Waals surface area contributed by atoms with Gasteiger partial charge in [-0.3, -0.25) is 0 Å². The van der Waals surface area contributed by atoms with Crippen molar-refractivity contribution in [3.8, 4) is 5.75 Å². The van der Waals surface area contributed by atoms with E-state index in [2.05, 4.69) is 19.2 Å². The van der Waals surface area contributed by atoms with Crippen LogP contribution in [0.25, 0.3) is 0 Å². The van der Waals surface area contributed by atoms with E-state index in [4.69, 9.17) is 4.74 Å². The fourth-order valence-corrected chi connectivity index (χ4v) is 1.80. The van der Waals surface area contributed by atoms with Gasteiger partial charge in [-0.15, -0.1) is 0 Å². The SMILES string of the molecule is CC(C)NCc1ccc(OCc2ccccc2F)cc1. The predicted octanol–water partition coefficient (Wildman–Crippen LogP) is 3.90. The minimum atomic E-state index is -0.231. The summed E-state index contributed by atoms with van der Waals surface area (Å²) in [6.07, 6.45) is 0. The van der Waals surface area contributed by atoms with Crippen molar-refractivity contribution < 1.29 is 9.13 Å². The van der Waals surface area contributed by atoms with Gasteiger partial charge < -0.3 is 10.1 Å². The van der Waals surface area contributed by atoms with Crippen molar-refractivity contribution in [1.29, 1.82) is 0 Å². The van der Waals surface area contributed by atoms with Gasteiger partial charge in [0.2, 0.25) is 0 Å². The normalized spacial score (nSPS) is 10.8. The fraction of sp³-hybridized carbons (Fsp3) is 0.294. The Morgan fingerprint density at radius 1 is 1.05 bits per heavy atom. The molecule has 0 saturated heterocycles. The molecule has 0 saturated carbocycles. The van der Waals surface area contributed by atoms with Gasteiger partial charge in [0.25, 0.3) is 0 Å². The van der Waals surface area contributed by atoms with Crippen LogP contribution in [0.1, 0.15) is 25.0 Å². The van der Waals surface area contributed by atoms with Crippen LogP contribution in [0.5, 0.6) is 5.75 Å². The lowest BCUT2D eigenvalue weighted by Crippen LogP contribution is -2.21. The van der Waals surface area contributed by atoms with Gasteiger partial charge in [0.15, 0.2) is 0 Å². The molecule has 20 heavy (non-hydrogen) atoms. The van der Waals surface area contributed by atoms with E-state index in [0.717, 1.165) is 12.3 Å². The Bertz CT molecular complexity index is 537. The Hall–Kier alpha value is -1.87. The van der Waals surface area contributed by atoms with Crippen LogP contribution in [0.3, 0.4) is 0 Å².